The molecule has 0 bridgehead atoms. The summed E-state index contributed by atoms with van der Waals surface area (Å²) in [4.78, 5) is 14.1. The van der Waals surface area contributed by atoms with Crippen molar-refractivity contribution in [2.75, 3.05) is 0 Å². The molecule has 3 heteroatoms. The largest absolute Gasteiger partial charge is 0.260 e. The van der Waals surface area contributed by atoms with Gasteiger partial charge in [0.2, 0.25) is 0 Å². The number of aryl methyl sites for hydroxylation is 1. The summed E-state index contributed by atoms with van der Waals surface area (Å²) in [6.45, 7) is 4.57. The van der Waals surface area contributed by atoms with Crippen LogP contribution >= 0.6 is 0 Å². The monoisotopic (exact) mass is 477 g/mol. The Morgan fingerprint density at radius 3 is 1.83 bits per heavy atom. The van der Waals surface area contributed by atoms with Crippen LogP contribution in [0.1, 0.15) is 147 Å². The molecule has 0 spiro atoms. The van der Waals surface area contributed by atoms with Gasteiger partial charge >= 0.3 is 0 Å². The topological polar surface area (TPSA) is 38.7 Å². The average molecular weight is 478 g/mol. The zero-order chi connectivity index (χ0) is 24.6. The standard InChI is InChI=1S/C32H51N3/c1-3-5-7-9-11-13-15-17-28-24-34-32(35-25-28)30-22-23-31(33-26-30)29-20-18-27(19-21-29)16-14-12-10-8-6-4-2/h22-27,29H,3-21H2,1-2H3. The second-order valence-corrected chi connectivity index (χ2v) is 11.0. The summed E-state index contributed by atoms with van der Waals surface area (Å²) in [5.74, 6) is 2.38. The van der Waals surface area contributed by atoms with Crippen molar-refractivity contribution in [3.05, 3.63) is 42.0 Å². The van der Waals surface area contributed by atoms with Gasteiger partial charge in [0.1, 0.15) is 0 Å². The second kappa shape index (κ2) is 16.8. The Labute approximate surface area is 216 Å². The minimum absolute atomic E-state index is 0.634. The quantitative estimate of drug-likeness (QED) is 0.213. The lowest BCUT2D eigenvalue weighted by molar-refractivity contribution is 0.299. The Morgan fingerprint density at radius 2 is 1.23 bits per heavy atom. The molecular weight excluding hydrogens is 426 g/mol. The van der Waals surface area contributed by atoms with Crippen LogP contribution in [0.3, 0.4) is 0 Å². The minimum atomic E-state index is 0.634. The SMILES string of the molecule is CCCCCCCCCc1cnc(-c2ccc(C3CCC(CCCCCCCC)CC3)nc2)nc1. The first kappa shape index (κ1) is 27.8. The zero-order valence-corrected chi connectivity index (χ0v) is 22.8. The lowest BCUT2D eigenvalue weighted by atomic mass is 9.78. The Morgan fingerprint density at radius 1 is 0.629 bits per heavy atom. The van der Waals surface area contributed by atoms with E-state index < -0.39 is 0 Å². The maximum absolute atomic E-state index is 4.84. The van der Waals surface area contributed by atoms with Crippen LogP contribution in [0, 0.1) is 5.92 Å². The molecule has 1 saturated carbocycles. The van der Waals surface area contributed by atoms with E-state index >= 15 is 0 Å². The van der Waals surface area contributed by atoms with Crippen molar-refractivity contribution < 1.29 is 0 Å². The van der Waals surface area contributed by atoms with E-state index in [1.165, 1.54) is 127 Å². The van der Waals surface area contributed by atoms with Gasteiger partial charge in [0, 0.05) is 35.8 Å². The Balaban J connectivity index is 1.35. The first-order chi connectivity index (χ1) is 17.3. The molecule has 35 heavy (non-hydrogen) atoms. The molecule has 3 nitrogen and oxygen atoms in total. The summed E-state index contributed by atoms with van der Waals surface area (Å²) in [6, 6.07) is 4.40. The van der Waals surface area contributed by atoms with Crippen molar-refractivity contribution in [2.45, 2.75) is 142 Å². The van der Waals surface area contributed by atoms with Gasteiger partial charge in [-0.05, 0) is 62.1 Å². The summed E-state index contributed by atoms with van der Waals surface area (Å²) in [5, 5.41) is 0. The first-order valence-corrected chi connectivity index (χ1v) is 15.1. The van der Waals surface area contributed by atoms with E-state index in [1.807, 2.05) is 18.6 Å². The Bertz CT molecular complexity index is 775. The highest BCUT2D eigenvalue weighted by molar-refractivity contribution is 5.53. The molecule has 2 heterocycles. The number of unbranched alkanes of at least 4 members (excludes halogenated alkanes) is 11. The van der Waals surface area contributed by atoms with Crippen LogP contribution in [0.15, 0.2) is 30.7 Å². The molecule has 0 aliphatic heterocycles. The van der Waals surface area contributed by atoms with Gasteiger partial charge in [-0.25, -0.2) is 9.97 Å². The van der Waals surface area contributed by atoms with Crippen LogP contribution in [0.5, 0.6) is 0 Å². The molecule has 3 rings (SSSR count). The molecule has 0 radical (unpaired) electrons. The first-order valence-electron chi connectivity index (χ1n) is 15.1. The van der Waals surface area contributed by atoms with E-state index in [0.717, 1.165) is 23.7 Å². The number of hydrogen-bond acceptors (Lipinski definition) is 3. The highest BCUT2D eigenvalue weighted by Gasteiger charge is 2.23. The summed E-state index contributed by atoms with van der Waals surface area (Å²) in [7, 11) is 0. The van der Waals surface area contributed by atoms with Crippen molar-refractivity contribution in [1.82, 2.24) is 15.0 Å². The Hall–Kier alpha value is -1.77. The molecule has 1 fully saturated rings. The molecule has 0 unspecified atom stereocenters. The minimum Gasteiger partial charge on any atom is -0.260 e. The van der Waals surface area contributed by atoms with E-state index in [-0.39, 0.29) is 0 Å². The summed E-state index contributed by atoms with van der Waals surface area (Å²) < 4.78 is 0. The van der Waals surface area contributed by atoms with Gasteiger partial charge in [-0.15, -0.1) is 0 Å². The number of nitrogens with zero attached hydrogens (tertiary/aromatic N) is 3. The highest BCUT2D eigenvalue weighted by Crippen LogP contribution is 2.37. The van der Waals surface area contributed by atoms with Crippen LogP contribution in [0.4, 0.5) is 0 Å². The van der Waals surface area contributed by atoms with Gasteiger partial charge in [0.25, 0.3) is 0 Å². The van der Waals surface area contributed by atoms with Crippen LogP contribution in [0.2, 0.25) is 0 Å². The molecule has 0 aromatic carbocycles. The molecule has 2 aromatic rings. The van der Waals surface area contributed by atoms with E-state index in [9.17, 15) is 0 Å². The predicted octanol–water partition coefficient (Wildman–Crippen LogP) is 9.86. The number of pyridine rings is 1. The van der Waals surface area contributed by atoms with E-state index in [4.69, 9.17) is 4.98 Å². The number of aromatic nitrogens is 3. The van der Waals surface area contributed by atoms with Crippen LogP contribution in [-0.2, 0) is 6.42 Å². The molecular formula is C32H51N3. The molecule has 1 aliphatic carbocycles. The van der Waals surface area contributed by atoms with Crippen molar-refractivity contribution in [1.29, 1.82) is 0 Å². The van der Waals surface area contributed by atoms with E-state index in [0.29, 0.717) is 5.92 Å². The fourth-order valence-corrected chi connectivity index (χ4v) is 5.66. The van der Waals surface area contributed by atoms with Crippen molar-refractivity contribution in [3.8, 4) is 11.4 Å². The fraction of sp³-hybridized carbons (Fsp3) is 0.719. The van der Waals surface area contributed by atoms with Crippen LogP contribution < -0.4 is 0 Å². The van der Waals surface area contributed by atoms with Crippen molar-refractivity contribution >= 4 is 0 Å². The lowest BCUT2D eigenvalue weighted by Gasteiger charge is -2.28. The zero-order valence-electron chi connectivity index (χ0n) is 22.8. The summed E-state index contributed by atoms with van der Waals surface area (Å²) in [5.41, 5.74) is 3.56. The third-order valence-electron chi connectivity index (χ3n) is 8.05. The predicted molar refractivity (Wildman–Crippen MR) is 150 cm³/mol. The van der Waals surface area contributed by atoms with Gasteiger partial charge in [-0.3, -0.25) is 4.98 Å². The van der Waals surface area contributed by atoms with Gasteiger partial charge in [0.05, 0.1) is 0 Å². The van der Waals surface area contributed by atoms with Crippen LogP contribution in [0.25, 0.3) is 11.4 Å². The molecule has 194 valence electrons. The third-order valence-corrected chi connectivity index (χ3v) is 8.05. The van der Waals surface area contributed by atoms with Gasteiger partial charge in [-0.1, -0.05) is 97.3 Å². The maximum Gasteiger partial charge on any atom is 0.160 e. The molecule has 0 atom stereocenters. The Kier molecular flexibility index (Phi) is 13.4. The number of rotatable bonds is 17. The highest BCUT2D eigenvalue weighted by atomic mass is 14.9. The van der Waals surface area contributed by atoms with Gasteiger partial charge in [-0.2, -0.15) is 0 Å². The summed E-state index contributed by atoms with van der Waals surface area (Å²) in [6.07, 6.45) is 31.8. The van der Waals surface area contributed by atoms with Gasteiger partial charge in [0.15, 0.2) is 5.82 Å². The van der Waals surface area contributed by atoms with Crippen molar-refractivity contribution in [3.63, 3.8) is 0 Å². The molecule has 0 saturated heterocycles. The van der Waals surface area contributed by atoms with E-state index in [1.54, 1.807) is 0 Å². The van der Waals surface area contributed by atoms with E-state index in [2.05, 4.69) is 35.9 Å². The van der Waals surface area contributed by atoms with Gasteiger partial charge < -0.3 is 0 Å². The second-order valence-electron chi connectivity index (χ2n) is 11.0. The normalized spacial score (nSPS) is 18.1. The number of hydrogen-bond donors (Lipinski definition) is 0. The molecule has 0 N–H and O–H groups in total. The lowest BCUT2D eigenvalue weighted by Crippen LogP contribution is -2.14. The maximum atomic E-state index is 4.84. The van der Waals surface area contributed by atoms with Crippen molar-refractivity contribution in [2.24, 2.45) is 5.92 Å². The molecule has 0 amide bonds. The average Bonchev–Trinajstić information content (AvgIpc) is 2.91. The smallest absolute Gasteiger partial charge is 0.160 e. The van der Waals surface area contributed by atoms with Crippen LogP contribution in [-0.4, -0.2) is 15.0 Å². The summed E-state index contributed by atoms with van der Waals surface area (Å²) >= 11 is 0. The molecule has 1 aliphatic rings. The third kappa shape index (κ3) is 10.4. The molecule has 2 aromatic heterocycles. The fourth-order valence-electron chi connectivity index (χ4n) is 5.66.